The topological polar surface area (TPSA) is 79.0 Å². The number of halogens is 1. The fourth-order valence-electron chi connectivity index (χ4n) is 3.28. The molecule has 144 valence electrons. The summed E-state index contributed by atoms with van der Waals surface area (Å²) < 4.78 is 33.7. The summed E-state index contributed by atoms with van der Waals surface area (Å²) >= 11 is 6.11. The molecular weight excluding hydrogens is 378 g/mol. The average molecular weight is 402 g/mol. The lowest BCUT2D eigenvalue weighted by Gasteiger charge is -2.36. The highest BCUT2D eigenvalue weighted by Gasteiger charge is 2.36. The van der Waals surface area contributed by atoms with Crippen molar-refractivity contribution in [1.82, 2.24) is 13.9 Å². The maximum Gasteiger partial charge on any atom is 0.282 e. The van der Waals surface area contributed by atoms with Crippen LogP contribution in [0.25, 0.3) is 0 Å². The minimum atomic E-state index is -3.54. The summed E-state index contributed by atoms with van der Waals surface area (Å²) in [5.41, 5.74) is 0.844. The highest BCUT2D eigenvalue weighted by Crippen LogP contribution is 2.22. The molecule has 2 aliphatic rings. The molecule has 0 unspecified atom stereocenters. The van der Waals surface area contributed by atoms with Gasteiger partial charge in [-0.15, -0.1) is 0 Å². The Balaban J connectivity index is 1.59. The molecule has 1 aromatic rings. The molecule has 1 atom stereocenters. The van der Waals surface area contributed by atoms with Crippen molar-refractivity contribution in [3.05, 3.63) is 34.9 Å². The second kappa shape index (κ2) is 8.67. The van der Waals surface area contributed by atoms with Crippen LogP contribution in [0.4, 0.5) is 0 Å². The molecule has 0 saturated carbocycles. The van der Waals surface area contributed by atoms with Gasteiger partial charge >= 0.3 is 0 Å². The zero-order valence-corrected chi connectivity index (χ0v) is 16.1. The van der Waals surface area contributed by atoms with Gasteiger partial charge in [-0.05, 0) is 24.5 Å². The number of hydrogen-bond donors (Lipinski definition) is 1. The van der Waals surface area contributed by atoms with Crippen LogP contribution in [0, 0.1) is 5.92 Å². The number of carbonyl (C=O) groups excluding carboxylic acids is 1. The molecule has 3 rings (SSSR count). The molecule has 0 aromatic heterocycles. The number of nitrogens with one attached hydrogen (secondary N) is 1. The Morgan fingerprint density at radius 3 is 2.65 bits per heavy atom. The maximum atomic E-state index is 12.8. The number of benzene rings is 1. The minimum Gasteiger partial charge on any atom is -0.379 e. The van der Waals surface area contributed by atoms with Crippen molar-refractivity contribution < 1.29 is 17.9 Å². The molecule has 7 nitrogen and oxygen atoms in total. The number of ether oxygens (including phenoxy) is 1. The number of carbonyl (C=O) groups is 1. The Labute approximate surface area is 159 Å². The van der Waals surface area contributed by atoms with Gasteiger partial charge in [-0.3, -0.25) is 4.79 Å². The van der Waals surface area contributed by atoms with Crippen LogP contribution < -0.4 is 5.32 Å². The monoisotopic (exact) mass is 401 g/mol. The molecule has 2 fully saturated rings. The number of rotatable bonds is 5. The Kier molecular flexibility index (Phi) is 6.52. The largest absolute Gasteiger partial charge is 0.379 e. The standard InChI is InChI=1S/C17H24ClN3O4S/c18-16-6-2-1-4-14(16)12-19-17(22)15-5-3-7-21(13-15)26(23,24)20-8-10-25-11-9-20/h1-2,4,6,15H,3,5,7-13H2,(H,19,22)/t15-/m0/s1. The van der Waals surface area contributed by atoms with Gasteiger partial charge in [0.05, 0.1) is 19.1 Å². The van der Waals surface area contributed by atoms with E-state index in [-0.39, 0.29) is 18.4 Å². The summed E-state index contributed by atoms with van der Waals surface area (Å²) in [4.78, 5) is 12.5. The van der Waals surface area contributed by atoms with Crippen LogP contribution in [0.5, 0.6) is 0 Å². The molecule has 2 aliphatic heterocycles. The summed E-state index contributed by atoms with van der Waals surface area (Å²) in [5, 5.41) is 3.49. The Hall–Kier alpha value is -1.19. The molecule has 0 spiro atoms. The van der Waals surface area contributed by atoms with Crippen molar-refractivity contribution in [2.45, 2.75) is 19.4 Å². The van der Waals surface area contributed by atoms with E-state index < -0.39 is 10.2 Å². The van der Waals surface area contributed by atoms with E-state index in [0.717, 1.165) is 5.56 Å². The molecular formula is C17H24ClN3O4S. The van der Waals surface area contributed by atoms with E-state index in [4.69, 9.17) is 16.3 Å². The second-order valence-corrected chi connectivity index (χ2v) is 8.86. The van der Waals surface area contributed by atoms with E-state index in [9.17, 15) is 13.2 Å². The van der Waals surface area contributed by atoms with Crippen molar-refractivity contribution in [1.29, 1.82) is 0 Å². The smallest absolute Gasteiger partial charge is 0.282 e. The summed E-state index contributed by atoms with van der Waals surface area (Å²) in [6.45, 7) is 2.56. The molecule has 2 saturated heterocycles. The first kappa shape index (κ1) is 19.6. The van der Waals surface area contributed by atoms with Crippen LogP contribution in [0.1, 0.15) is 18.4 Å². The van der Waals surface area contributed by atoms with Gasteiger partial charge in [0.15, 0.2) is 0 Å². The summed E-state index contributed by atoms with van der Waals surface area (Å²) in [7, 11) is -3.54. The fraction of sp³-hybridized carbons (Fsp3) is 0.588. The molecule has 1 amide bonds. The van der Waals surface area contributed by atoms with E-state index in [1.165, 1.54) is 8.61 Å². The van der Waals surface area contributed by atoms with Crippen LogP contribution in [0.2, 0.25) is 5.02 Å². The fourth-order valence-corrected chi connectivity index (χ4v) is 5.14. The predicted molar refractivity (Wildman–Crippen MR) is 98.9 cm³/mol. The first-order valence-corrected chi connectivity index (χ1v) is 10.6. The molecule has 1 N–H and O–H groups in total. The van der Waals surface area contributed by atoms with Crippen molar-refractivity contribution in [3.63, 3.8) is 0 Å². The maximum absolute atomic E-state index is 12.8. The second-order valence-electron chi connectivity index (χ2n) is 6.53. The molecule has 9 heteroatoms. The van der Waals surface area contributed by atoms with Crippen LogP contribution in [-0.2, 0) is 26.3 Å². The normalized spacial score (nSPS) is 22.9. The average Bonchev–Trinajstić information content (AvgIpc) is 2.68. The summed E-state index contributed by atoms with van der Waals surface area (Å²) in [6.07, 6.45) is 1.36. The number of amides is 1. The SMILES string of the molecule is O=C(NCc1ccccc1Cl)[C@H]1CCCN(S(=O)(=O)N2CCOCC2)C1. The molecule has 1 aromatic carbocycles. The lowest BCUT2D eigenvalue weighted by molar-refractivity contribution is -0.126. The molecule has 0 aliphatic carbocycles. The zero-order chi connectivity index (χ0) is 18.6. The minimum absolute atomic E-state index is 0.133. The first-order valence-electron chi connectivity index (χ1n) is 8.82. The van der Waals surface area contributed by atoms with Gasteiger partial charge in [-0.2, -0.15) is 17.0 Å². The van der Waals surface area contributed by atoms with Crippen molar-refractivity contribution in [2.24, 2.45) is 5.92 Å². The predicted octanol–water partition coefficient (Wildman–Crippen LogP) is 1.25. The quantitative estimate of drug-likeness (QED) is 0.805. The molecule has 0 radical (unpaired) electrons. The van der Waals surface area contributed by atoms with Gasteiger partial charge in [0.25, 0.3) is 10.2 Å². The van der Waals surface area contributed by atoms with Crippen molar-refractivity contribution in [2.75, 3.05) is 39.4 Å². The van der Waals surface area contributed by atoms with Crippen LogP contribution >= 0.6 is 11.6 Å². The van der Waals surface area contributed by atoms with E-state index in [2.05, 4.69) is 5.32 Å². The molecule has 2 heterocycles. The Morgan fingerprint density at radius 2 is 1.92 bits per heavy atom. The van der Waals surface area contributed by atoms with Gasteiger partial charge in [-0.25, -0.2) is 0 Å². The van der Waals surface area contributed by atoms with E-state index in [0.29, 0.717) is 57.3 Å². The summed E-state index contributed by atoms with van der Waals surface area (Å²) in [6, 6.07) is 7.34. The van der Waals surface area contributed by atoms with Gasteiger partial charge in [-0.1, -0.05) is 29.8 Å². The van der Waals surface area contributed by atoms with E-state index in [1.54, 1.807) is 6.07 Å². The van der Waals surface area contributed by atoms with Gasteiger partial charge in [0.2, 0.25) is 5.91 Å². The first-order chi connectivity index (χ1) is 12.5. The van der Waals surface area contributed by atoms with Crippen molar-refractivity contribution in [3.8, 4) is 0 Å². The third kappa shape index (κ3) is 4.55. The lowest BCUT2D eigenvalue weighted by Crippen LogP contribution is -2.52. The van der Waals surface area contributed by atoms with Crippen LogP contribution in [-0.4, -0.2) is 62.3 Å². The Morgan fingerprint density at radius 1 is 1.19 bits per heavy atom. The van der Waals surface area contributed by atoms with Crippen molar-refractivity contribution >= 4 is 27.7 Å². The van der Waals surface area contributed by atoms with Gasteiger partial charge in [0.1, 0.15) is 0 Å². The Bertz CT molecular complexity index is 737. The van der Waals surface area contributed by atoms with Crippen LogP contribution in [0.15, 0.2) is 24.3 Å². The number of piperidine rings is 1. The number of morpholine rings is 1. The van der Waals surface area contributed by atoms with Gasteiger partial charge < -0.3 is 10.1 Å². The van der Waals surface area contributed by atoms with Crippen LogP contribution in [0.3, 0.4) is 0 Å². The van der Waals surface area contributed by atoms with Gasteiger partial charge in [0, 0.05) is 37.7 Å². The van der Waals surface area contributed by atoms with E-state index >= 15 is 0 Å². The molecule has 0 bridgehead atoms. The highest BCUT2D eigenvalue weighted by molar-refractivity contribution is 7.86. The zero-order valence-electron chi connectivity index (χ0n) is 14.6. The van der Waals surface area contributed by atoms with E-state index in [1.807, 2.05) is 18.2 Å². The third-order valence-electron chi connectivity index (χ3n) is 4.79. The number of nitrogens with zero attached hydrogens (tertiary/aromatic N) is 2. The lowest BCUT2D eigenvalue weighted by atomic mass is 9.99. The summed E-state index contributed by atoms with van der Waals surface area (Å²) in [5.74, 6) is -0.478. The third-order valence-corrected chi connectivity index (χ3v) is 7.16. The molecule has 26 heavy (non-hydrogen) atoms. The highest BCUT2D eigenvalue weighted by atomic mass is 35.5. The number of hydrogen-bond acceptors (Lipinski definition) is 4.